The Labute approximate surface area is 122 Å². The number of hydrogen-bond acceptors (Lipinski definition) is 2. The molecule has 0 saturated carbocycles. The highest BCUT2D eigenvalue weighted by molar-refractivity contribution is 5.81. The summed E-state index contributed by atoms with van der Waals surface area (Å²) >= 11 is 0. The molecule has 0 radical (unpaired) electrons. The SMILES string of the molecule is CCC(CC)C(C)NCc1nn(CC)c2ccccc12. The lowest BCUT2D eigenvalue weighted by molar-refractivity contribution is 0.351. The van der Waals surface area contributed by atoms with Crippen LogP contribution in [0.25, 0.3) is 10.9 Å². The smallest absolute Gasteiger partial charge is 0.0841 e. The first kappa shape index (κ1) is 15.0. The van der Waals surface area contributed by atoms with Gasteiger partial charge in [-0.05, 0) is 25.8 Å². The number of benzene rings is 1. The molecule has 0 saturated heterocycles. The van der Waals surface area contributed by atoms with Crippen molar-refractivity contribution >= 4 is 10.9 Å². The summed E-state index contributed by atoms with van der Waals surface area (Å²) in [5, 5.41) is 9.68. The van der Waals surface area contributed by atoms with Gasteiger partial charge < -0.3 is 5.32 Å². The Morgan fingerprint density at radius 1 is 1.15 bits per heavy atom. The monoisotopic (exact) mass is 273 g/mol. The zero-order chi connectivity index (χ0) is 14.5. The van der Waals surface area contributed by atoms with Crippen molar-refractivity contribution in [3.63, 3.8) is 0 Å². The van der Waals surface area contributed by atoms with Crippen LogP contribution in [0.2, 0.25) is 0 Å². The molecule has 1 heterocycles. The van der Waals surface area contributed by atoms with Crippen LogP contribution in [0.1, 0.15) is 46.2 Å². The molecule has 110 valence electrons. The summed E-state index contributed by atoms with van der Waals surface area (Å²) in [5.74, 6) is 0.745. The van der Waals surface area contributed by atoms with Crippen LogP contribution in [0.5, 0.6) is 0 Å². The standard InChI is InChI=1S/C17H27N3/c1-5-14(6-2)13(4)18-12-16-15-10-8-9-11-17(15)20(7-3)19-16/h8-11,13-14,18H,5-7,12H2,1-4H3. The number of aromatic nitrogens is 2. The summed E-state index contributed by atoms with van der Waals surface area (Å²) in [7, 11) is 0. The van der Waals surface area contributed by atoms with E-state index in [0.29, 0.717) is 6.04 Å². The fourth-order valence-corrected chi connectivity index (χ4v) is 2.99. The van der Waals surface area contributed by atoms with E-state index in [4.69, 9.17) is 5.10 Å². The van der Waals surface area contributed by atoms with Gasteiger partial charge in [0, 0.05) is 24.5 Å². The van der Waals surface area contributed by atoms with E-state index in [2.05, 4.69) is 62.0 Å². The minimum atomic E-state index is 0.538. The van der Waals surface area contributed by atoms with E-state index in [-0.39, 0.29) is 0 Å². The second-order valence-corrected chi connectivity index (χ2v) is 5.53. The molecule has 1 aromatic carbocycles. The summed E-state index contributed by atoms with van der Waals surface area (Å²) in [6.07, 6.45) is 2.46. The first-order valence-corrected chi connectivity index (χ1v) is 7.89. The zero-order valence-electron chi connectivity index (χ0n) is 13.2. The van der Waals surface area contributed by atoms with E-state index < -0.39 is 0 Å². The lowest BCUT2D eigenvalue weighted by Crippen LogP contribution is -2.32. The Balaban J connectivity index is 2.14. The molecule has 0 aliphatic carbocycles. The predicted molar refractivity (Wildman–Crippen MR) is 85.8 cm³/mol. The maximum Gasteiger partial charge on any atom is 0.0841 e. The van der Waals surface area contributed by atoms with Crippen LogP contribution in [-0.2, 0) is 13.1 Å². The van der Waals surface area contributed by atoms with E-state index >= 15 is 0 Å². The maximum atomic E-state index is 4.74. The Bertz CT molecular complexity index is 540. The third kappa shape index (κ3) is 3.04. The Kier molecular flexibility index (Phi) is 5.18. The molecule has 0 aliphatic rings. The van der Waals surface area contributed by atoms with E-state index in [1.165, 1.54) is 29.4 Å². The second kappa shape index (κ2) is 6.89. The highest BCUT2D eigenvalue weighted by Crippen LogP contribution is 2.19. The van der Waals surface area contributed by atoms with Gasteiger partial charge in [0.25, 0.3) is 0 Å². The van der Waals surface area contributed by atoms with Crippen LogP contribution >= 0.6 is 0 Å². The highest BCUT2D eigenvalue weighted by atomic mass is 15.3. The summed E-state index contributed by atoms with van der Waals surface area (Å²) in [6.45, 7) is 10.7. The molecule has 2 rings (SSSR count). The summed E-state index contributed by atoms with van der Waals surface area (Å²) in [6, 6.07) is 9.04. The van der Waals surface area contributed by atoms with Crippen molar-refractivity contribution < 1.29 is 0 Å². The van der Waals surface area contributed by atoms with Gasteiger partial charge in [0.2, 0.25) is 0 Å². The van der Waals surface area contributed by atoms with Crippen LogP contribution in [0.15, 0.2) is 24.3 Å². The Morgan fingerprint density at radius 3 is 2.50 bits per heavy atom. The molecule has 0 amide bonds. The van der Waals surface area contributed by atoms with Gasteiger partial charge in [-0.25, -0.2) is 0 Å². The quantitative estimate of drug-likeness (QED) is 0.827. The molecule has 0 spiro atoms. The molecule has 1 aromatic heterocycles. The van der Waals surface area contributed by atoms with Crippen LogP contribution in [0, 0.1) is 5.92 Å². The molecule has 1 unspecified atom stereocenters. The number of fused-ring (bicyclic) bond motifs is 1. The van der Waals surface area contributed by atoms with Gasteiger partial charge in [0.05, 0.1) is 11.2 Å². The van der Waals surface area contributed by atoms with Crippen molar-refractivity contribution in [1.82, 2.24) is 15.1 Å². The van der Waals surface area contributed by atoms with Crippen molar-refractivity contribution in [3.05, 3.63) is 30.0 Å². The van der Waals surface area contributed by atoms with E-state index in [1.807, 2.05) is 0 Å². The van der Waals surface area contributed by atoms with Gasteiger partial charge in [0.15, 0.2) is 0 Å². The van der Waals surface area contributed by atoms with Gasteiger partial charge in [-0.1, -0.05) is 44.9 Å². The van der Waals surface area contributed by atoms with Gasteiger partial charge in [-0.15, -0.1) is 0 Å². The van der Waals surface area contributed by atoms with Crippen LogP contribution in [0.4, 0.5) is 0 Å². The zero-order valence-corrected chi connectivity index (χ0v) is 13.2. The minimum absolute atomic E-state index is 0.538. The molecule has 0 aliphatic heterocycles. The summed E-state index contributed by atoms with van der Waals surface area (Å²) in [5.41, 5.74) is 2.40. The third-order valence-electron chi connectivity index (χ3n) is 4.38. The van der Waals surface area contributed by atoms with Gasteiger partial charge in [-0.2, -0.15) is 5.10 Å². The van der Waals surface area contributed by atoms with E-state index in [9.17, 15) is 0 Å². The van der Waals surface area contributed by atoms with Crippen molar-refractivity contribution in [2.75, 3.05) is 0 Å². The largest absolute Gasteiger partial charge is 0.308 e. The minimum Gasteiger partial charge on any atom is -0.308 e. The van der Waals surface area contributed by atoms with E-state index in [1.54, 1.807) is 0 Å². The lowest BCUT2D eigenvalue weighted by Gasteiger charge is -2.22. The Hall–Kier alpha value is -1.35. The molecule has 2 aromatic rings. The molecular formula is C17H27N3. The van der Waals surface area contributed by atoms with Crippen molar-refractivity contribution in [2.24, 2.45) is 5.92 Å². The van der Waals surface area contributed by atoms with Crippen LogP contribution < -0.4 is 5.32 Å². The van der Waals surface area contributed by atoms with Gasteiger partial charge in [0.1, 0.15) is 0 Å². The summed E-state index contributed by atoms with van der Waals surface area (Å²) in [4.78, 5) is 0. The van der Waals surface area contributed by atoms with Crippen molar-refractivity contribution in [2.45, 2.75) is 59.7 Å². The number of para-hydroxylation sites is 1. The fraction of sp³-hybridized carbons (Fsp3) is 0.588. The molecule has 3 heteroatoms. The molecule has 20 heavy (non-hydrogen) atoms. The average Bonchev–Trinajstić information content (AvgIpc) is 2.84. The normalized spacial score (nSPS) is 13.2. The molecule has 1 N–H and O–H groups in total. The molecule has 0 bridgehead atoms. The molecule has 3 nitrogen and oxygen atoms in total. The first-order chi connectivity index (χ1) is 9.71. The summed E-state index contributed by atoms with van der Waals surface area (Å²) < 4.78 is 2.09. The highest BCUT2D eigenvalue weighted by Gasteiger charge is 2.14. The van der Waals surface area contributed by atoms with Gasteiger partial charge in [-0.3, -0.25) is 4.68 Å². The first-order valence-electron chi connectivity index (χ1n) is 7.89. The third-order valence-corrected chi connectivity index (χ3v) is 4.38. The molecule has 1 atom stereocenters. The van der Waals surface area contributed by atoms with Crippen LogP contribution in [-0.4, -0.2) is 15.8 Å². The lowest BCUT2D eigenvalue weighted by atomic mass is 9.95. The number of aryl methyl sites for hydroxylation is 1. The second-order valence-electron chi connectivity index (χ2n) is 5.53. The van der Waals surface area contributed by atoms with Crippen molar-refractivity contribution in [3.8, 4) is 0 Å². The Morgan fingerprint density at radius 2 is 1.85 bits per heavy atom. The van der Waals surface area contributed by atoms with Crippen LogP contribution in [0.3, 0.4) is 0 Å². The number of nitrogens with zero attached hydrogens (tertiary/aromatic N) is 2. The predicted octanol–water partition coefficient (Wildman–Crippen LogP) is 3.97. The average molecular weight is 273 g/mol. The number of rotatable bonds is 7. The van der Waals surface area contributed by atoms with Gasteiger partial charge >= 0.3 is 0 Å². The topological polar surface area (TPSA) is 29.9 Å². The number of hydrogen-bond donors (Lipinski definition) is 1. The molecular weight excluding hydrogens is 246 g/mol. The fourth-order valence-electron chi connectivity index (χ4n) is 2.99. The van der Waals surface area contributed by atoms with Crippen molar-refractivity contribution in [1.29, 1.82) is 0 Å². The molecule has 0 fully saturated rings. The number of nitrogens with one attached hydrogen (secondary N) is 1. The maximum absolute atomic E-state index is 4.74. The van der Waals surface area contributed by atoms with E-state index in [0.717, 1.165) is 19.0 Å².